The van der Waals surface area contributed by atoms with E-state index in [4.69, 9.17) is 0 Å². The summed E-state index contributed by atoms with van der Waals surface area (Å²) in [5.74, 6) is -0.418. The number of ether oxygens (including phenoxy) is 1. The first-order chi connectivity index (χ1) is 8.56. The highest BCUT2D eigenvalue weighted by molar-refractivity contribution is 6.05. The Morgan fingerprint density at radius 3 is 2.61 bits per heavy atom. The fourth-order valence-corrected chi connectivity index (χ4v) is 1.83. The molecule has 0 spiro atoms. The van der Waals surface area contributed by atoms with Crippen molar-refractivity contribution in [2.75, 3.05) is 6.54 Å². The van der Waals surface area contributed by atoms with E-state index >= 15 is 0 Å². The summed E-state index contributed by atoms with van der Waals surface area (Å²) in [7, 11) is 0. The van der Waals surface area contributed by atoms with Gasteiger partial charge in [-0.25, -0.2) is 0 Å². The Kier molecular flexibility index (Phi) is 3.55. The molecule has 1 amide bonds. The summed E-state index contributed by atoms with van der Waals surface area (Å²) in [6, 6.07) is 6.23. The van der Waals surface area contributed by atoms with Crippen LogP contribution in [0.4, 0.5) is 8.78 Å². The third kappa shape index (κ3) is 2.82. The van der Waals surface area contributed by atoms with E-state index in [0.29, 0.717) is 5.56 Å². The number of alkyl halides is 2. The van der Waals surface area contributed by atoms with Crippen molar-refractivity contribution in [2.24, 2.45) is 0 Å². The van der Waals surface area contributed by atoms with Crippen LogP contribution in [0.1, 0.15) is 12.0 Å². The quantitative estimate of drug-likeness (QED) is 0.767. The van der Waals surface area contributed by atoms with Crippen molar-refractivity contribution in [3.63, 3.8) is 0 Å². The Bertz CT molecular complexity index is 476. The van der Waals surface area contributed by atoms with Gasteiger partial charge in [0.2, 0.25) is 5.91 Å². The highest BCUT2D eigenvalue weighted by atomic mass is 19.3. The third-order valence-corrected chi connectivity index (χ3v) is 2.62. The standard InChI is InChI=1S/C12H11F2NO3/c13-12(14)18-10-4-2-1-3-8(10)6-15-7-9(16)5-11(15)17/h1-4,12H,5-7H2. The SMILES string of the molecule is O=C1CC(=O)N(Cc2ccccc2OC(F)F)C1. The molecule has 1 aliphatic rings. The summed E-state index contributed by atoms with van der Waals surface area (Å²) in [6.45, 7) is -2.78. The zero-order valence-corrected chi connectivity index (χ0v) is 9.44. The zero-order chi connectivity index (χ0) is 13.1. The van der Waals surface area contributed by atoms with Gasteiger partial charge >= 0.3 is 6.61 Å². The van der Waals surface area contributed by atoms with Crippen LogP contribution in [0.5, 0.6) is 5.75 Å². The molecule has 0 aromatic heterocycles. The van der Waals surface area contributed by atoms with Gasteiger partial charge in [-0.1, -0.05) is 18.2 Å². The van der Waals surface area contributed by atoms with Crippen LogP contribution in [0.15, 0.2) is 24.3 Å². The van der Waals surface area contributed by atoms with Gasteiger partial charge in [-0.05, 0) is 6.07 Å². The van der Waals surface area contributed by atoms with Crippen LogP contribution < -0.4 is 4.74 Å². The number of hydrogen-bond acceptors (Lipinski definition) is 3. The highest BCUT2D eigenvalue weighted by Gasteiger charge is 2.28. The summed E-state index contributed by atoms with van der Waals surface area (Å²) in [5, 5.41) is 0. The first-order valence-electron chi connectivity index (χ1n) is 5.38. The topological polar surface area (TPSA) is 46.6 Å². The molecule has 0 radical (unpaired) electrons. The fraction of sp³-hybridized carbons (Fsp3) is 0.333. The molecule has 18 heavy (non-hydrogen) atoms. The van der Waals surface area contributed by atoms with Crippen molar-refractivity contribution in [3.05, 3.63) is 29.8 Å². The Balaban J connectivity index is 2.13. The van der Waals surface area contributed by atoms with Gasteiger partial charge in [0.15, 0.2) is 5.78 Å². The number of Topliss-reactive ketones (excluding diaryl/α,β-unsaturated/α-hetero) is 1. The normalized spacial score (nSPS) is 15.6. The van der Waals surface area contributed by atoms with Crippen LogP contribution in [0.2, 0.25) is 0 Å². The van der Waals surface area contributed by atoms with Crippen LogP contribution >= 0.6 is 0 Å². The smallest absolute Gasteiger partial charge is 0.387 e. The molecule has 1 fully saturated rings. The molecule has 2 rings (SSSR count). The van der Waals surface area contributed by atoms with Gasteiger partial charge in [0.05, 0.1) is 13.0 Å². The zero-order valence-electron chi connectivity index (χ0n) is 9.44. The second kappa shape index (κ2) is 5.12. The minimum Gasteiger partial charge on any atom is -0.434 e. The lowest BCUT2D eigenvalue weighted by Crippen LogP contribution is -2.25. The summed E-state index contributed by atoms with van der Waals surface area (Å²) in [5.41, 5.74) is 0.459. The maximum atomic E-state index is 12.2. The summed E-state index contributed by atoms with van der Waals surface area (Å²) < 4.78 is 28.8. The molecule has 6 heteroatoms. The number of amides is 1. The van der Waals surface area contributed by atoms with Gasteiger partial charge in [-0.2, -0.15) is 8.78 Å². The summed E-state index contributed by atoms with van der Waals surface area (Å²) >= 11 is 0. The van der Waals surface area contributed by atoms with E-state index in [1.165, 1.54) is 11.0 Å². The second-order valence-corrected chi connectivity index (χ2v) is 3.95. The molecular formula is C12H11F2NO3. The van der Waals surface area contributed by atoms with E-state index < -0.39 is 6.61 Å². The van der Waals surface area contributed by atoms with E-state index in [1.54, 1.807) is 18.2 Å². The first-order valence-corrected chi connectivity index (χ1v) is 5.38. The third-order valence-electron chi connectivity index (χ3n) is 2.62. The number of nitrogens with zero attached hydrogens (tertiary/aromatic N) is 1. The molecule has 0 atom stereocenters. The average Bonchev–Trinajstić information content (AvgIpc) is 2.59. The number of ketones is 1. The number of benzene rings is 1. The number of carbonyl (C=O) groups excluding carboxylic acids is 2. The van der Waals surface area contributed by atoms with E-state index in [9.17, 15) is 18.4 Å². The lowest BCUT2D eigenvalue weighted by atomic mass is 10.2. The van der Waals surface area contributed by atoms with Gasteiger partial charge in [0.25, 0.3) is 0 Å². The molecule has 96 valence electrons. The van der Waals surface area contributed by atoms with Crippen LogP contribution in [0.25, 0.3) is 0 Å². The van der Waals surface area contributed by atoms with Crippen LogP contribution in [-0.2, 0) is 16.1 Å². The monoisotopic (exact) mass is 255 g/mol. The minimum absolute atomic E-state index is 0.0275. The van der Waals surface area contributed by atoms with Gasteiger partial charge in [-0.15, -0.1) is 0 Å². The largest absolute Gasteiger partial charge is 0.434 e. The maximum Gasteiger partial charge on any atom is 0.387 e. The number of halogens is 2. The first kappa shape index (κ1) is 12.5. The molecule has 0 unspecified atom stereocenters. The number of rotatable bonds is 4. The Morgan fingerprint density at radius 1 is 1.28 bits per heavy atom. The Morgan fingerprint density at radius 2 is 2.00 bits per heavy atom. The van der Waals surface area contributed by atoms with Gasteiger partial charge < -0.3 is 9.64 Å². The molecule has 1 aliphatic heterocycles. The highest BCUT2D eigenvalue weighted by Crippen LogP contribution is 2.23. The predicted molar refractivity (Wildman–Crippen MR) is 58.1 cm³/mol. The van der Waals surface area contributed by atoms with Crippen LogP contribution in [0, 0.1) is 0 Å². The van der Waals surface area contributed by atoms with E-state index in [-0.39, 0.29) is 37.0 Å². The maximum absolute atomic E-state index is 12.2. The van der Waals surface area contributed by atoms with Crippen molar-refractivity contribution >= 4 is 11.7 Å². The molecule has 1 aromatic carbocycles. The molecule has 0 bridgehead atoms. The lowest BCUT2D eigenvalue weighted by Gasteiger charge is -2.17. The number of hydrogen-bond donors (Lipinski definition) is 0. The van der Waals surface area contributed by atoms with Gasteiger partial charge in [0, 0.05) is 12.1 Å². The molecule has 1 saturated heterocycles. The molecule has 1 heterocycles. The predicted octanol–water partition coefficient (Wildman–Crippen LogP) is 1.59. The van der Waals surface area contributed by atoms with Gasteiger partial charge in [0.1, 0.15) is 5.75 Å². The molecule has 0 saturated carbocycles. The van der Waals surface area contributed by atoms with Crippen LogP contribution in [-0.4, -0.2) is 29.7 Å². The molecule has 0 aliphatic carbocycles. The van der Waals surface area contributed by atoms with Crippen molar-refractivity contribution in [2.45, 2.75) is 19.6 Å². The Labute approximate surface area is 102 Å². The van der Waals surface area contributed by atoms with Gasteiger partial charge in [-0.3, -0.25) is 9.59 Å². The second-order valence-electron chi connectivity index (χ2n) is 3.95. The van der Waals surface area contributed by atoms with Crippen LogP contribution in [0.3, 0.4) is 0 Å². The number of carbonyl (C=O) groups is 2. The summed E-state index contributed by atoms with van der Waals surface area (Å²) in [4.78, 5) is 23.9. The number of para-hydroxylation sites is 1. The van der Waals surface area contributed by atoms with Crippen molar-refractivity contribution in [1.82, 2.24) is 4.90 Å². The van der Waals surface area contributed by atoms with E-state index in [0.717, 1.165) is 0 Å². The fourth-order valence-electron chi connectivity index (χ4n) is 1.83. The molecule has 4 nitrogen and oxygen atoms in total. The molecular weight excluding hydrogens is 244 g/mol. The minimum atomic E-state index is -2.91. The Hall–Kier alpha value is -1.98. The van der Waals surface area contributed by atoms with E-state index in [2.05, 4.69) is 4.74 Å². The summed E-state index contributed by atoms with van der Waals surface area (Å²) in [6.07, 6.45) is -0.113. The van der Waals surface area contributed by atoms with E-state index in [1.807, 2.05) is 0 Å². The van der Waals surface area contributed by atoms with Crippen molar-refractivity contribution < 1.29 is 23.1 Å². The van der Waals surface area contributed by atoms with Crippen molar-refractivity contribution in [3.8, 4) is 5.75 Å². The lowest BCUT2D eigenvalue weighted by molar-refractivity contribution is -0.128. The number of likely N-dealkylation sites (tertiary alicyclic amines) is 1. The van der Waals surface area contributed by atoms with Crippen molar-refractivity contribution in [1.29, 1.82) is 0 Å². The molecule has 0 N–H and O–H groups in total. The average molecular weight is 255 g/mol. The molecule has 1 aromatic rings.